The maximum Gasteiger partial charge on any atom is 0.243 e. The number of benzene rings is 2. The summed E-state index contributed by atoms with van der Waals surface area (Å²) in [7, 11) is 1.70. The quantitative estimate of drug-likeness (QED) is 0.931. The second kappa shape index (κ2) is 6.14. The third kappa shape index (κ3) is 3.54. The lowest BCUT2D eigenvalue weighted by Crippen LogP contribution is -2.30. The Kier molecular flexibility index (Phi) is 4.30. The van der Waals surface area contributed by atoms with Crippen molar-refractivity contribution in [2.75, 3.05) is 23.8 Å². The summed E-state index contributed by atoms with van der Waals surface area (Å²) in [4.78, 5) is 13.5. The number of para-hydroxylation sites is 1. The van der Waals surface area contributed by atoms with E-state index in [0.717, 1.165) is 0 Å². The summed E-state index contributed by atoms with van der Waals surface area (Å²) in [5.41, 5.74) is 0.847. The number of carbonyl (C=O) groups excluding carboxylic acids is 1. The van der Waals surface area contributed by atoms with Crippen LogP contribution >= 0.6 is 0 Å². The number of halogens is 2. The average molecular weight is 276 g/mol. The molecule has 20 heavy (non-hydrogen) atoms. The molecule has 0 saturated carbocycles. The number of carbonyl (C=O) groups is 1. The number of anilines is 2. The predicted octanol–water partition coefficient (Wildman–Crippen LogP) is 3.04. The maximum absolute atomic E-state index is 13.4. The number of nitrogens with one attached hydrogen (secondary N) is 1. The highest BCUT2D eigenvalue weighted by molar-refractivity contribution is 5.94. The van der Waals surface area contributed by atoms with E-state index in [4.69, 9.17) is 0 Å². The van der Waals surface area contributed by atoms with Crippen molar-refractivity contribution < 1.29 is 13.6 Å². The fourth-order valence-corrected chi connectivity index (χ4v) is 1.75. The highest BCUT2D eigenvalue weighted by Crippen LogP contribution is 2.14. The van der Waals surface area contributed by atoms with Gasteiger partial charge in [0, 0.05) is 12.7 Å². The first kappa shape index (κ1) is 14.0. The van der Waals surface area contributed by atoms with Crippen LogP contribution in [0.15, 0.2) is 48.5 Å². The number of hydrogen-bond donors (Lipinski definition) is 1. The first-order chi connectivity index (χ1) is 9.56. The topological polar surface area (TPSA) is 32.3 Å². The van der Waals surface area contributed by atoms with Crippen LogP contribution in [0.25, 0.3) is 0 Å². The molecule has 1 N–H and O–H groups in total. The van der Waals surface area contributed by atoms with E-state index in [0.29, 0.717) is 5.69 Å². The van der Waals surface area contributed by atoms with Crippen LogP contribution < -0.4 is 10.2 Å². The van der Waals surface area contributed by atoms with E-state index in [1.54, 1.807) is 36.2 Å². The number of hydrogen-bond acceptors (Lipinski definition) is 2. The van der Waals surface area contributed by atoms with Crippen LogP contribution in [-0.4, -0.2) is 19.5 Å². The van der Waals surface area contributed by atoms with Gasteiger partial charge in [0.15, 0.2) is 0 Å². The molecular formula is C15H14F2N2O. The molecule has 0 fully saturated rings. The molecule has 5 heteroatoms. The van der Waals surface area contributed by atoms with Gasteiger partial charge in [-0.25, -0.2) is 8.78 Å². The minimum absolute atomic E-state index is 0.0416. The number of likely N-dealkylation sites (N-methyl/N-ethyl adjacent to an activating group) is 1. The molecule has 2 rings (SSSR count). The summed E-state index contributed by atoms with van der Waals surface area (Å²) in [6.07, 6.45) is 0. The molecule has 2 aromatic rings. The lowest BCUT2D eigenvalue weighted by Gasteiger charge is -2.18. The Bertz CT molecular complexity index is 599. The molecule has 1 amide bonds. The Morgan fingerprint density at radius 2 is 1.75 bits per heavy atom. The lowest BCUT2D eigenvalue weighted by atomic mass is 10.3. The van der Waals surface area contributed by atoms with Gasteiger partial charge in [0.25, 0.3) is 0 Å². The van der Waals surface area contributed by atoms with E-state index < -0.39 is 5.82 Å². The first-order valence-corrected chi connectivity index (χ1v) is 6.07. The summed E-state index contributed by atoms with van der Waals surface area (Å²) in [5.74, 6) is -1.16. The molecule has 0 saturated heterocycles. The average Bonchev–Trinajstić information content (AvgIpc) is 2.42. The number of nitrogens with zero attached hydrogens (tertiary/aromatic N) is 1. The molecule has 0 spiro atoms. The number of rotatable bonds is 4. The first-order valence-electron chi connectivity index (χ1n) is 6.07. The Morgan fingerprint density at radius 3 is 2.40 bits per heavy atom. The van der Waals surface area contributed by atoms with Crippen molar-refractivity contribution in [3.8, 4) is 0 Å². The van der Waals surface area contributed by atoms with E-state index in [1.165, 1.54) is 24.3 Å². The van der Waals surface area contributed by atoms with Crippen molar-refractivity contribution in [1.29, 1.82) is 0 Å². The summed E-state index contributed by atoms with van der Waals surface area (Å²) < 4.78 is 26.2. The van der Waals surface area contributed by atoms with Crippen LogP contribution in [0.4, 0.5) is 20.2 Å². The SMILES string of the molecule is CN(CC(=O)Nc1ccccc1F)c1ccc(F)cc1. The van der Waals surface area contributed by atoms with Gasteiger partial charge in [0.05, 0.1) is 12.2 Å². The normalized spacial score (nSPS) is 10.2. The van der Waals surface area contributed by atoms with E-state index in [-0.39, 0.29) is 24.0 Å². The van der Waals surface area contributed by atoms with E-state index in [1.807, 2.05) is 0 Å². The Hall–Kier alpha value is -2.43. The molecule has 0 unspecified atom stereocenters. The third-order valence-corrected chi connectivity index (χ3v) is 2.80. The van der Waals surface area contributed by atoms with Gasteiger partial charge in [-0.3, -0.25) is 4.79 Å². The van der Waals surface area contributed by atoms with Crippen molar-refractivity contribution in [2.45, 2.75) is 0 Å². The van der Waals surface area contributed by atoms with E-state index in [2.05, 4.69) is 5.32 Å². The van der Waals surface area contributed by atoms with Crippen molar-refractivity contribution in [3.63, 3.8) is 0 Å². The van der Waals surface area contributed by atoms with Crippen LogP contribution in [-0.2, 0) is 4.79 Å². The minimum Gasteiger partial charge on any atom is -0.365 e. The highest BCUT2D eigenvalue weighted by Gasteiger charge is 2.09. The van der Waals surface area contributed by atoms with Crippen LogP contribution in [0, 0.1) is 11.6 Å². The van der Waals surface area contributed by atoms with Gasteiger partial charge in [-0.1, -0.05) is 12.1 Å². The van der Waals surface area contributed by atoms with Crippen molar-refractivity contribution in [3.05, 3.63) is 60.2 Å². The molecule has 104 valence electrons. The van der Waals surface area contributed by atoms with Crippen LogP contribution in [0.2, 0.25) is 0 Å². The Labute approximate surface area is 115 Å². The molecule has 0 aromatic heterocycles. The molecule has 0 radical (unpaired) electrons. The highest BCUT2D eigenvalue weighted by atomic mass is 19.1. The molecule has 0 heterocycles. The van der Waals surface area contributed by atoms with Crippen LogP contribution in [0.5, 0.6) is 0 Å². The summed E-state index contributed by atoms with van der Waals surface area (Å²) >= 11 is 0. The summed E-state index contributed by atoms with van der Waals surface area (Å²) in [6.45, 7) is 0.0416. The van der Waals surface area contributed by atoms with Crippen molar-refractivity contribution >= 4 is 17.3 Å². The van der Waals surface area contributed by atoms with Crippen molar-refractivity contribution in [2.24, 2.45) is 0 Å². The molecule has 0 aliphatic carbocycles. The Morgan fingerprint density at radius 1 is 1.10 bits per heavy atom. The molecule has 0 aliphatic heterocycles. The molecular weight excluding hydrogens is 262 g/mol. The largest absolute Gasteiger partial charge is 0.365 e. The lowest BCUT2D eigenvalue weighted by molar-refractivity contribution is -0.114. The summed E-state index contributed by atoms with van der Waals surface area (Å²) in [5, 5.41) is 2.49. The van der Waals surface area contributed by atoms with E-state index >= 15 is 0 Å². The molecule has 0 atom stereocenters. The predicted molar refractivity (Wildman–Crippen MR) is 74.7 cm³/mol. The maximum atomic E-state index is 13.4. The van der Waals surface area contributed by atoms with Gasteiger partial charge in [-0.2, -0.15) is 0 Å². The molecule has 0 aliphatic rings. The zero-order valence-corrected chi connectivity index (χ0v) is 10.9. The second-order valence-corrected chi connectivity index (χ2v) is 4.36. The van der Waals surface area contributed by atoms with Gasteiger partial charge in [0.1, 0.15) is 11.6 Å². The van der Waals surface area contributed by atoms with Crippen LogP contribution in [0.3, 0.4) is 0 Å². The fraction of sp³-hybridized carbons (Fsp3) is 0.133. The molecule has 0 bridgehead atoms. The zero-order valence-electron chi connectivity index (χ0n) is 10.9. The van der Waals surface area contributed by atoms with E-state index in [9.17, 15) is 13.6 Å². The third-order valence-electron chi connectivity index (χ3n) is 2.80. The number of amides is 1. The standard InChI is InChI=1S/C15H14F2N2O/c1-19(12-8-6-11(16)7-9-12)10-15(20)18-14-5-3-2-4-13(14)17/h2-9H,10H2,1H3,(H,18,20). The van der Waals surface area contributed by atoms with Crippen molar-refractivity contribution in [1.82, 2.24) is 0 Å². The van der Waals surface area contributed by atoms with Gasteiger partial charge in [-0.05, 0) is 36.4 Å². The Balaban J connectivity index is 1.98. The smallest absolute Gasteiger partial charge is 0.243 e. The monoisotopic (exact) mass is 276 g/mol. The molecule has 2 aromatic carbocycles. The summed E-state index contributed by atoms with van der Waals surface area (Å²) in [6, 6.07) is 11.8. The van der Waals surface area contributed by atoms with Gasteiger partial charge >= 0.3 is 0 Å². The second-order valence-electron chi connectivity index (χ2n) is 4.36. The minimum atomic E-state index is -0.481. The van der Waals surface area contributed by atoms with Gasteiger partial charge in [-0.15, -0.1) is 0 Å². The van der Waals surface area contributed by atoms with Gasteiger partial charge < -0.3 is 10.2 Å². The zero-order chi connectivity index (χ0) is 14.5. The fourth-order valence-electron chi connectivity index (χ4n) is 1.75. The molecule has 3 nitrogen and oxygen atoms in total. The van der Waals surface area contributed by atoms with Crippen LogP contribution in [0.1, 0.15) is 0 Å². The van der Waals surface area contributed by atoms with Gasteiger partial charge in [0.2, 0.25) is 5.91 Å².